The lowest BCUT2D eigenvalue weighted by Crippen LogP contribution is -2.45. The predicted molar refractivity (Wildman–Crippen MR) is 80.3 cm³/mol. The highest BCUT2D eigenvalue weighted by Crippen LogP contribution is 2.18. The molecule has 2 aromatic rings. The van der Waals surface area contributed by atoms with Crippen molar-refractivity contribution in [2.24, 2.45) is 5.73 Å². The fourth-order valence-corrected chi connectivity index (χ4v) is 1.76. The van der Waals surface area contributed by atoms with E-state index in [0.717, 1.165) is 11.1 Å². The summed E-state index contributed by atoms with van der Waals surface area (Å²) in [5.41, 5.74) is 7.92. The third kappa shape index (κ3) is 3.90. The van der Waals surface area contributed by atoms with Crippen LogP contribution in [0.25, 0.3) is 11.1 Å². The van der Waals surface area contributed by atoms with Gasteiger partial charge in [0.15, 0.2) is 0 Å². The highest BCUT2D eigenvalue weighted by atomic mass is 16.1. The topological polar surface area (TPSA) is 68.0 Å². The third-order valence-electron chi connectivity index (χ3n) is 2.81. The second-order valence-corrected chi connectivity index (χ2v) is 5.50. The number of hydrogen-bond acceptors (Lipinski definition) is 3. The van der Waals surface area contributed by atoms with Gasteiger partial charge in [-0.1, -0.05) is 30.3 Å². The number of rotatable bonds is 4. The molecule has 2 rings (SSSR count). The maximum atomic E-state index is 12.1. The van der Waals surface area contributed by atoms with Crippen LogP contribution in [0.4, 0.5) is 0 Å². The Kier molecular flexibility index (Phi) is 4.15. The van der Waals surface area contributed by atoms with Crippen LogP contribution in [-0.4, -0.2) is 23.0 Å². The molecule has 0 saturated heterocycles. The summed E-state index contributed by atoms with van der Waals surface area (Å²) in [6.07, 6.45) is 3.31. The van der Waals surface area contributed by atoms with Gasteiger partial charge < -0.3 is 11.1 Å². The van der Waals surface area contributed by atoms with Gasteiger partial charge in [-0.05, 0) is 25.5 Å². The Labute approximate surface area is 119 Å². The largest absolute Gasteiger partial charge is 0.350 e. The molecule has 0 bridgehead atoms. The monoisotopic (exact) mass is 269 g/mol. The lowest BCUT2D eigenvalue weighted by molar-refractivity contribution is 0.0945. The van der Waals surface area contributed by atoms with Gasteiger partial charge in [-0.2, -0.15) is 0 Å². The van der Waals surface area contributed by atoms with Crippen LogP contribution in [0.5, 0.6) is 0 Å². The number of carbonyl (C=O) groups excluding carboxylic acids is 1. The average molecular weight is 269 g/mol. The van der Waals surface area contributed by atoms with E-state index in [1.807, 2.05) is 50.2 Å². The number of aromatic nitrogens is 1. The van der Waals surface area contributed by atoms with E-state index in [1.54, 1.807) is 12.4 Å². The molecule has 1 heterocycles. The lowest BCUT2D eigenvalue weighted by Gasteiger charge is -2.18. The molecule has 4 nitrogen and oxygen atoms in total. The van der Waals surface area contributed by atoms with E-state index in [4.69, 9.17) is 5.73 Å². The highest BCUT2D eigenvalue weighted by Gasteiger charge is 2.14. The first-order valence-corrected chi connectivity index (χ1v) is 6.53. The quantitative estimate of drug-likeness (QED) is 0.894. The molecule has 0 fully saturated rings. The Morgan fingerprint density at radius 3 is 2.55 bits per heavy atom. The Morgan fingerprint density at radius 1 is 1.20 bits per heavy atom. The number of carbonyl (C=O) groups is 1. The molecule has 0 unspecified atom stereocenters. The van der Waals surface area contributed by atoms with Crippen molar-refractivity contribution in [1.82, 2.24) is 10.3 Å². The second-order valence-electron chi connectivity index (χ2n) is 5.50. The van der Waals surface area contributed by atoms with Gasteiger partial charge >= 0.3 is 0 Å². The molecule has 3 N–H and O–H groups in total. The van der Waals surface area contributed by atoms with Gasteiger partial charge in [-0.15, -0.1) is 0 Å². The standard InChI is InChI=1S/C16H19N3O/c1-16(2,17)11-19-15(20)14-8-13(9-18-10-14)12-6-4-3-5-7-12/h3-10H,11,17H2,1-2H3,(H,19,20). The van der Waals surface area contributed by atoms with E-state index in [-0.39, 0.29) is 5.91 Å². The van der Waals surface area contributed by atoms with Crippen molar-refractivity contribution < 1.29 is 4.79 Å². The average Bonchev–Trinajstić information content (AvgIpc) is 2.45. The minimum Gasteiger partial charge on any atom is -0.350 e. The fraction of sp³-hybridized carbons (Fsp3) is 0.250. The maximum absolute atomic E-state index is 12.1. The number of nitrogens with zero attached hydrogens (tertiary/aromatic N) is 1. The predicted octanol–water partition coefficient (Wildman–Crippen LogP) is 2.22. The Balaban J connectivity index is 2.16. The van der Waals surface area contributed by atoms with Crippen LogP contribution in [0.2, 0.25) is 0 Å². The summed E-state index contributed by atoms with van der Waals surface area (Å²) in [6.45, 7) is 4.15. The van der Waals surface area contributed by atoms with Crippen LogP contribution in [-0.2, 0) is 0 Å². The number of benzene rings is 1. The minimum atomic E-state index is -0.430. The van der Waals surface area contributed by atoms with E-state index in [0.29, 0.717) is 12.1 Å². The summed E-state index contributed by atoms with van der Waals surface area (Å²) < 4.78 is 0. The number of pyridine rings is 1. The molecule has 0 radical (unpaired) electrons. The molecule has 1 aromatic heterocycles. The zero-order valence-corrected chi connectivity index (χ0v) is 11.8. The number of amides is 1. The van der Waals surface area contributed by atoms with Crippen molar-refractivity contribution in [1.29, 1.82) is 0 Å². The first-order chi connectivity index (χ1) is 9.46. The van der Waals surface area contributed by atoms with Gasteiger partial charge in [-0.25, -0.2) is 0 Å². The van der Waals surface area contributed by atoms with Gasteiger partial charge in [0.1, 0.15) is 0 Å². The Morgan fingerprint density at radius 2 is 1.90 bits per heavy atom. The molecule has 0 saturated carbocycles. The molecule has 0 spiro atoms. The van der Waals surface area contributed by atoms with Crippen molar-refractivity contribution in [3.63, 3.8) is 0 Å². The van der Waals surface area contributed by atoms with Crippen LogP contribution < -0.4 is 11.1 Å². The van der Waals surface area contributed by atoms with Crippen molar-refractivity contribution >= 4 is 5.91 Å². The van der Waals surface area contributed by atoms with Crippen molar-refractivity contribution in [2.45, 2.75) is 19.4 Å². The fourth-order valence-electron chi connectivity index (χ4n) is 1.76. The van der Waals surface area contributed by atoms with E-state index in [2.05, 4.69) is 10.3 Å². The maximum Gasteiger partial charge on any atom is 0.252 e. The normalized spacial score (nSPS) is 11.2. The number of nitrogens with two attached hydrogens (primary N) is 1. The van der Waals surface area contributed by atoms with Crippen LogP contribution >= 0.6 is 0 Å². The first-order valence-electron chi connectivity index (χ1n) is 6.53. The SMILES string of the molecule is CC(C)(N)CNC(=O)c1cncc(-c2ccccc2)c1. The van der Waals surface area contributed by atoms with Gasteiger partial charge in [0.25, 0.3) is 5.91 Å². The van der Waals surface area contributed by atoms with Gasteiger partial charge in [0, 0.05) is 30.0 Å². The summed E-state index contributed by atoms with van der Waals surface area (Å²) in [5.74, 6) is -0.159. The number of nitrogens with one attached hydrogen (secondary N) is 1. The molecular weight excluding hydrogens is 250 g/mol. The molecule has 1 aromatic carbocycles. The molecule has 1 amide bonds. The van der Waals surface area contributed by atoms with Crippen LogP contribution in [0.15, 0.2) is 48.8 Å². The molecule has 104 valence electrons. The van der Waals surface area contributed by atoms with Crippen molar-refractivity contribution in [2.75, 3.05) is 6.54 Å². The summed E-state index contributed by atoms with van der Waals surface area (Å²) in [4.78, 5) is 16.2. The molecule has 4 heteroatoms. The molecule has 0 aliphatic carbocycles. The molecule has 20 heavy (non-hydrogen) atoms. The van der Waals surface area contributed by atoms with Crippen molar-refractivity contribution in [3.8, 4) is 11.1 Å². The summed E-state index contributed by atoms with van der Waals surface area (Å²) in [7, 11) is 0. The Hall–Kier alpha value is -2.20. The molecule has 0 aliphatic rings. The zero-order valence-electron chi connectivity index (χ0n) is 11.8. The van der Waals surface area contributed by atoms with Gasteiger partial charge in [-0.3, -0.25) is 9.78 Å². The Bertz CT molecular complexity index is 588. The summed E-state index contributed by atoms with van der Waals surface area (Å²) in [6, 6.07) is 11.7. The van der Waals surface area contributed by atoms with E-state index in [1.165, 1.54) is 0 Å². The third-order valence-corrected chi connectivity index (χ3v) is 2.81. The van der Waals surface area contributed by atoms with Crippen LogP contribution in [0.3, 0.4) is 0 Å². The summed E-state index contributed by atoms with van der Waals surface area (Å²) >= 11 is 0. The molecular formula is C16H19N3O. The minimum absolute atomic E-state index is 0.159. The zero-order chi connectivity index (χ0) is 14.6. The van der Waals surface area contributed by atoms with Crippen LogP contribution in [0, 0.1) is 0 Å². The molecule has 0 aliphatic heterocycles. The van der Waals surface area contributed by atoms with E-state index in [9.17, 15) is 4.79 Å². The number of hydrogen-bond donors (Lipinski definition) is 2. The smallest absolute Gasteiger partial charge is 0.252 e. The second kappa shape index (κ2) is 5.84. The van der Waals surface area contributed by atoms with Crippen LogP contribution in [0.1, 0.15) is 24.2 Å². The lowest BCUT2D eigenvalue weighted by atomic mass is 10.1. The van der Waals surface area contributed by atoms with E-state index >= 15 is 0 Å². The van der Waals surface area contributed by atoms with Gasteiger partial charge in [0.2, 0.25) is 0 Å². The first kappa shape index (κ1) is 14.2. The van der Waals surface area contributed by atoms with E-state index < -0.39 is 5.54 Å². The van der Waals surface area contributed by atoms with Crippen molar-refractivity contribution in [3.05, 3.63) is 54.4 Å². The highest BCUT2D eigenvalue weighted by molar-refractivity contribution is 5.95. The molecule has 0 atom stereocenters. The van der Waals surface area contributed by atoms with Gasteiger partial charge in [0.05, 0.1) is 5.56 Å². The summed E-state index contributed by atoms with van der Waals surface area (Å²) in [5, 5.41) is 2.81.